The summed E-state index contributed by atoms with van der Waals surface area (Å²) in [6, 6.07) is 12.2. The first-order chi connectivity index (χ1) is 12.9. The maximum Gasteiger partial charge on any atom is 0.279 e. The summed E-state index contributed by atoms with van der Waals surface area (Å²) < 4.78 is 34.2. The Kier molecular flexibility index (Phi) is 5.43. The van der Waals surface area contributed by atoms with Crippen molar-refractivity contribution in [3.63, 3.8) is 0 Å². The molecular weight excluding hydrogens is 386 g/mol. The van der Waals surface area contributed by atoms with E-state index in [4.69, 9.17) is 4.74 Å². The van der Waals surface area contributed by atoms with Crippen LogP contribution < -0.4 is 14.3 Å². The van der Waals surface area contributed by atoms with E-state index in [2.05, 4.69) is 9.71 Å². The molecule has 2 aromatic carbocycles. The SMILES string of the molecule is COc1ccc(NS(=O)(=O)c2ccc(C(=O)N=c3sccn3C)cc2)cc1. The van der Waals surface area contributed by atoms with Crippen LogP contribution in [0, 0.1) is 0 Å². The highest BCUT2D eigenvalue weighted by molar-refractivity contribution is 7.92. The Labute approximate surface area is 160 Å². The van der Waals surface area contributed by atoms with E-state index in [1.165, 1.54) is 42.7 Å². The second kappa shape index (κ2) is 7.77. The number of hydrogen-bond acceptors (Lipinski definition) is 5. The van der Waals surface area contributed by atoms with Crippen LogP contribution in [-0.4, -0.2) is 26.0 Å². The number of anilines is 1. The van der Waals surface area contributed by atoms with E-state index in [1.54, 1.807) is 42.1 Å². The van der Waals surface area contributed by atoms with Crippen LogP contribution in [0.1, 0.15) is 10.4 Å². The van der Waals surface area contributed by atoms with Gasteiger partial charge in [-0.2, -0.15) is 4.99 Å². The summed E-state index contributed by atoms with van der Waals surface area (Å²) in [5.74, 6) is 0.198. The van der Waals surface area contributed by atoms with Crippen molar-refractivity contribution in [1.29, 1.82) is 0 Å². The number of carbonyl (C=O) groups is 1. The fourth-order valence-corrected chi connectivity index (χ4v) is 4.02. The molecule has 0 radical (unpaired) electrons. The number of methoxy groups -OCH3 is 1. The number of aromatic nitrogens is 1. The Morgan fingerprint density at radius 3 is 2.33 bits per heavy atom. The van der Waals surface area contributed by atoms with Gasteiger partial charge >= 0.3 is 0 Å². The van der Waals surface area contributed by atoms with E-state index >= 15 is 0 Å². The van der Waals surface area contributed by atoms with Crippen molar-refractivity contribution in [2.75, 3.05) is 11.8 Å². The number of rotatable bonds is 5. The number of nitrogens with one attached hydrogen (secondary N) is 1. The lowest BCUT2D eigenvalue weighted by Gasteiger charge is -2.09. The van der Waals surface area contributed by atoms with Crippen molar-refractivity contribution in [1.82, 2.24) is 4.57 Å². The zero-order chi connectivity index (χ0) is 19.4. The summed E-state index contributed by atoms with van der Waals surface area (Å²) in [5.41, 5.74) is 0.725. The van der Waals surface area contributed by atoms with Crippen LogP contribution in [0.5, 0.6) is 5.75 Å². The molecule has 1 amide bonds. The van der Waals surface area contributed by atoms with Crippen molar-refractivity contribution < 1.29 is 17.9 Å². The number of nitrogens with zero attached hydrogens (tertiary/aromatic N) is 2. The van der Waals surface area contributed by atoms with Gasteiger partial charge in [0.15, 0.2) is 4.80 Å². The number of thiazole rings is 1. The molecule has 3 aromatic rings. The van der Waals surface area contributed by atoms with Gasteiger partial charge in [0.05, 0.1) is 12.0 Å². The van der Waals surface area contributed by atoms with Gasteiger partial charge in [-0.1, -0.05) is 0 Å². The zero-order valence-corrected chi connectivity index (χ0v) is 16.3. The molecule has 0 saturated heterocycles. The lowest BCUT2D eigenvalue weighted by molar-refractivity contribution is 0.0997. The van der Waals surface area contributed by atoms with Crippen molar-refractivity contribution in [3.05, 3.63) is 70.5 Å². The molecule has 0 aliphatic rings. The second-order valence-corrected chi connectivity index (χ2v) is 8.13. The zero-order valence-electron chi connectivity index (χ0n) is 14.6. The average molecular weight is 403 g/mol. The van der Waals surface area contributed by atoms with Gasteiger partial charge in [-0.3, -0.25) is 9.52 Å². The summed E-state index contributed by atoms with van der Waals surface area (Å²) in [6.07, 6.45) is 1.80. The molecule has 0 bridgehead atoms. The standard InChI is InChI=1S/C18H17N3O4S2/c1-21-11-12-26-18(21)19-17(22)13-3-9-16(10-4-13)27(23,24)20-14-5-7-15(25-2)8-6-14/h3-12,20H,1-2H3. The van der Waals surface area contributed by atoms with Crippen LogP contribution >= 0.6 is 11.3 Å². The third kappa shape index (κ3) is 4.44. The summed E-state index contributed by atoms with van der Waals surface area (Å²) in [4.78, 5) is 16.9. The summed E-state index contributed by atoms with van der Waals surface area (Å²) in [5, 5.41) is 1.83. The molecule has 0 fully saturated rings. The largest absolute Gasteiger partial charge is 0.497 e. The van der Waals surface area contributed by atoms with Crippen LogP contribution in [0.3, 0.4) is 0 Å². The number of aryl methyl sites for hydroxylation is 1. The van der Waals surface area contributed by atoms with Crippen molar-refractivity contribution in [3.8, 4) is 5.75 Å². The molecule has 9 heteroatoms. The van der Waals surface area contributed by atoms with Crippen LogP contribution in [0.4, 0.5) is 5.69 Å². The molecule has 1 N–H and O–H groups in total. The molecule has 7 nitrogen and oxygen atoms in total. The van der Waals surface area contributed by atoms with Crippen molar-refractivity contribution >= 4 is 33.0 Å². The van der Waals surface area contributed by atoms with Gasteiger partial charge in [0.25, 0.3) is 15.9 Å². The minimum atomic E-state index is -3.77. The molecule has 0 spiro atoms. The number of ether oxygens (including phenoxy) is 1. The summed E-state index contributed by atoms with van der Waals surface area (Å²) >= 11 is 1.34. The third-order valence-electron chi connectivity index (χ3n) is 3.71. The Hall–Kier alpha value is -2.91. The third-order valence-corrected chi connectivity index (χ3v) is 5.96. The second-order valence-electron chi connectivity index (χ2n) is 5.57. The van der Waals surface area contributed by atoms with Crippen LogP contribution in [0.15, 0.2) is 70.0 Å². The summed E-state index contributed by atoms with van der Waals surface area (Å²) in [6.45, 7) is 0. The molecule has 0 aliphatic carbocycles. The molecule has 0 atom stereocenters. The van der Waals surface area contributed by atoms with E-state index in [0.717, 1.165) is 0 Å². The van der Waals surface area contributed by atoms with Gasteiger partial charge in [0, 0.05) is 29.9 Å². The van der Waals surface area contributed by atoms with Gasteiger partial charge in [-0.25, -0.2) is 8.42 Å². The number of hydrogen-bond donors (Lipinski definition) is 1. The normalized spacial score (nSPS) is 12.0. The van der Waals surface area contributed by atoms with Crippen LogP contribution in [-0.2, 0) is 17.1 Å². The van der Waals surface area contributed by atoms with Crippen LogP contribution in [0.25, 0.3) is 0 Å². The van der Waals surface area contributed by atoms with Crippen molar-refractivity contribution in [2.45, 2.75) is 4.90 Å². The van der Waals surface area contributed by atoms with E-state index in [0.29, 0.717) is 21.8 Å². The Bertz CT molecular complexity index is 1110. The maximum atomic E-state index is 12.5. The first-order valence-corrected chi connectivity index (χ1v) is 10.2. The molecule has 1 heterocycles. The van der Waals surface area contributed by atoms with E-state index < -0.39 is 15.9 Å². The molecule has 140 valence electrons. The van der Waals surface area contributed by atoms with E-state index in [1.807, 2.05) is 5.38 Å². The monoisotopic (exact) mass is 403 g/mol. The highest BCUT2D eigenvalue weighted by Gasteiger charge is 2.15. The first kappa shape index (κ1) is 18.9. The number of benzene rings is 2. The highest BCUT2D eigenvalue weighted by Crippen LogP contribution is 2.19. The molecule has 1 aromatic heterocycles. The van der Waals surface area contributed by atoms with Crippen LogP contribution in [0.2, 0.25) is 0 Å². The lowest BCUT2D eigenvalue weighted by Crippen LogP contribution is -2.14. The molecule has 0 aliphatic heterocycles. The average Bonchev–Trinajstić information content (AvgIpc) is 3.07. The topological polar surface area (TPSA) is 89.8 Å². The maximum absolute atomic E-state index is 12.5. The predicted molar refractivity (Wildman–Crippen MR) is 103 cm³/mol. The fraction of sp³-hybridized carbons (Fsp3) is 0.111. The van der Waals surface area contributed by atoms with Gasteiger partial charge in [-0.15, -0.1) is 11.3 Å². The Morgan fingerprint density at radius 1 is 1.11 bits per heavy atom. The van der Waals surface area contributed by atoms with Gasteiger partial charge < -0.3 is 9.30 Å². The predicted octanol–water partition coefficient (Wildman–Crippen LogP) is 2.64. The number of amides is 1. The van der Waals surface area contributed by atoms with E-state index in [9.17, 15) is 13.2 Å². The quantitative estimate of drug-likeness (QED) is 0.709. The van der Waals surface area contributed by atoms with Gasteiger partial charge in [-0.05, 0) is 48.5 Å². The molecule has 27 heavy (non-hydrogen) atoms. The van der Waals surface area contributed by atoms with Crippen molar-refractivity contribution in [2.24, 2.45) is 12.0 Å². The minimum Gasteiger partial charge on any atom is -0.497 e. The summed E-state index contributed by atoms with van der Waals surface area (Å²) in [7, 11) is -0.438. The first-order valence-electron chi connectivity index (χ1n) is 7.85. The molecule has 0 saturated carbocycles. The smallest absolute Gasteiger partial charge is 0.279 e. The van der Waals surface area contributed by atoms with Gasteiger partial charge in [0.2, 0.25) is 0 Å². The highest BCUT2D eigenvalue weighted by atomic mass is 32.2. The number of carbonyl (C=O) groups excluding carboxylic acids is 1. The Morgan fingerprint density at radius 2 is 1.78 bits per heavy atom. The number of sulfonamides is 1. The molecule has 0 unspecified atom stereocenters. The lowest BCUT2D eigenvalue weighted by atomic mass is 10.2. The molecule has 3 rings (SSSR count). The minimum absolute atomic E-state index is 0.0524. The van der Waals surface area contributed by atoms with E-state index in [-0.39, 0.29) is 4.90 Å². The molecular formula is C18H17N3O4S2. The fourth-order valence-electron chi connectivity index (χ4n) is 2.24. The Balaban J connectivity index is 1.79. The van der Waals surface area contributed by atoms with Gasteiger partial charge in [0.1, 0.15) is 5.75 Å².